The Morgan fingerprint density at radius 3 is 2.78 bits per heavy atom. The lowest BCUT2D eigenvalue weighted by molar-refractivity contribution is 0.721. The smallest absolute Gasteiger partial charge is 0.192 e. The summed E-state index contributed by atoms with van der Waals surface area (Å²) >= 11 is 9.48. The highest BCUT2D eigenvalue weighted by Gasteiger charge is 2.16. The summed E-state index contributed by atoms with van der Waals surface area (Å²) in [6.45, 7) is 2.82. The first kappa shape index (κ1) is 18.2. The lowest BCUT2D eigenvalue weighted by Crippen LogP contribution is -2.03. The Morgan fingerprint density at radius 2 is 2.04 bits per heavy atom. The molecule has 27 heavy (non-hydrogen) atoms. The quantitative estimate of drug-likeness (QED) is 0.381. The third-order valence-electron chi connectivity index (χ3n) is 4.17. The van der Waals surface area contributed by atoms with Crippen LogP contribution in [0.25, 0.3) is 11.5 Å². The monoisotopic (exact) mass is 412 g/mol. The molecule has 3 aromatic heterocycles. The number of thiophene rings is 1. The van der Waals surface area contributed by atoms with Crippen LogP contribution in [0.2, 0.25) is 5.02 Å². The summed E-state index contributed by atoms with van der Waals surface area (Å²) in [6, 6.07) is 16.0. The molecule has 4 rings (SSSR count). The summed E-state index contributed by atoms with van der Waals surface area (Å²) in [6.07, 6.45) is 1.78. The molecule has 1 aromatic carbocycles. The van der Waals surface area contributed by atoms with Gasteiger partial charge in [0.05, 0.1) is 6.54 Å². The highest BCUT2D eigenvalue weighted by atomic mass is 35.5. The first-order chi connectivity index (χ1) is 13.2. The van der Waals surface area contributed by atoms with Gasteiger partial charge in [-0.3, -0.25) is 9.55 Å². The third kappa shape index (κ3) is 4.24. The molecule has 0 atom stereocenters. The third-order valence-corrected chi connectivity index (χ3v) is 6.28. The zero-order chi connectivity index (χ0) is 18.6. The average molecular weight is 413 g/mol. The summed E-state index contributed by atoms with van der Waals surface area (Å²) in [7, 11) is 0. The van der Waals surface area contributed by atoms with Crippen LogP contribution >= 0.6 is 34.7 Å². The van der Waals surface area contributed by atoms with Crippen molar-refractivity contribution >= 4 is 34.7 Å². The Morgan fingerprint density at radius 1 is 1.11 bits per heavy atom. The summed E-state index contributed by atoms with van der Waals surface area (Å²) in [4.78, 5) is 5.71. The standard InChI is InChI=1S/C20H17ClN4S2/c1-14-11-16(21)8-7-15(14)13-27-20-24-23-19(18-6-2-3-9-22-18)25(20)12-17-5-4-10-26-17/h2-11H,12-13H2,1H3. The molecule has 3 heterocycles. The highest BCUT2D eigenvalue weighted by Crippen LogP contribution is 2.28. The second kappa shape index (κ2) is 8.25. The summed E-state index contributed by atoms with van der Waals surface area (Å²) in [5.41, 5.74) is 3.26. The van der Waals surface area contributed by atoms with Crippen LogP contribution < -0.4 is 0 Å². The molecule has 0 radical (unpaired) electrons. The van der Waals surface area contributed by atoms with Gasteiger partial charge in [-0.1, -0.05) is 41.6 Å². The average Bonchev–Trinajstić information content (AvgIpc) is 3.32. The van der Waals surface area contributed by atoms with Gasteiger partial charge in [0, 0.05) is 21.8 Å². The SMILES string of the molecule is Cc1cc(Cl)ccc1CSc1nnc(-c2ccccn2)n1Cc1cccs1. The molecule has 0 saturated heterocycles. The molecule has 0 fully saturated rings. The second-order valence-electron chi connectivity index (χ2n) is 6.05. The number of pyridine rings is 1. The maximum Gasteiger partial charge on any atom is 0.192 e. The van der Waals surface area contributed by atoms with Gasteiger partial charge in [-0.25, -0.2) is 0 Å². The van der Waals surface area contributed by atoms with Gasteiger partial charge in [0.25, 0.3) is 0 Å². The fraction of sp³-hybridized carbons (Fsp3) is 0.150. The van der Waals surface area contributed by atoms with Gasteiger partial charge in [0.1, 0.15) is 5.69 Å². The molecule has 4 aromatic rings. The van der Waals surface area contributed by atoms with Gasteiger partial charge in [-0.15, -0.1) is 21.5 Å². The lowest BCUT2D eigenvalue weighted by Gasteiger charge is -2.10. The van der Waals surface area contributed by atoms with Crippen LogP contribution in [0.1, 0.15) is 16.0 Å². The summed E-state index contributed by atoms with van der Waals surface area (Å²) in [5, 5.41) is 12.6. The highest BCUT2D eigenvalue weighted by molar-refractivity contribution is 7.98. The second-order valence-corrected chi connectivity index (χ2v) is 8.46. The fourth-order valence-electron chi connectivity index (χ4n) is 2.74. The Bertz CT molecular complexity index is 1030. The predicted molar refractivity (Wildman–Crippen MR) is 112 cm³/mol. The van der Waals surface area contributed by atoms with Crippen LogP contribution in [0.3, 0.4) is 0 Å². The molecule has 0 N–H and O–H groups in total. The van der Waals surface area contributed by atoms with E-state index in [4.69, 9.17) is 11.6 Å². The normalized spacial score (nSPS) is 11.0. The van der Waals surface area contributed by atoms with E-state index < -0.39 is 0 Å². The number of thioether (sulfide) groups is 1. The number of halogens is 1. The number of aromatic nitrogens is 4. The van der Waals surface area contributed by atoms with Crippen LogP contribution in [-0.4, -0.2) is 19.7 Å². The number of hydrogen-bond donors (Lipinski definition) is 0. The lowest BCUT2D eigenvalue weighted by atomic mass is 10.1. The van der Waals surface area contributed by atoms with E-state index in [-0.39, 0.29) is 0 Å². The van der Waals surface area contributed by atoms with Gasteiger partial charge in [0.2, 0.25) is 0 Å². The number of hydrogen-bond acceptors (Lipinski definition) is 5. The van der Waals surface area contributed by atoms with Crippen LogP contribution in [0.15, 0.2) is 65.3 Å². The van der Waals surface area contributed by atoms with Gasteiger partial charge in [-0.05, 0) is 53.8 Å². The van der Waals surface area contributed by atoms with E-state index in [0.717, 1.165) is 34.0 Å². The van der Waals surface area contributed by atoms with Crippen molar-refractivity contribution in [3.05, 3.63) is 81.1 Å². The zero-order valence-corrected chi connectivity index (χ0v) is 17.1. The molecule has 136 valence electrons. The van der Waals surface area contributed by atoms with E-state index in [0.29, 0.717) is 0 Å². The molecule has 0 aliphatic carbocycles. The predicted octanol–water partition coefficient (Wildman–Crippen LogP) is 5.70. The number of rotatable bonds is 6. The van der Waals surface area contributed by atoms with E-state index in [1.54, 1.807) is 29.3 Å². The molecule has 0 saturated carbocycles. The van der Waals surface area contributed by atoms with Crippen LogP contribution in [0, 0.1) is 6.92 Å². The first-order valence-electron chi connectivity index (χ1n) is 8.45. The number of aryl methyl sites for hydroxylation is 1. The molecule has 0 bridgehead atoms. The van der Waals surface area contributed by atoms with Crippen molar-refractivity contribution in [3.63, 3.8) is 0 Å². The summed E-state index contributed by atoms with van der Waals surface area (Å²) in [5.74, 6) is 1.60. The van der Waals surface area contributed by atoms with Crippen LogP contribution in [0.5, 0.6) is 0 Å². The molecule has 0 unspecified atom stereocenters. The Hall–Kier alpha value is -2.15. The molecular weight excluding hydrogens is 396 g/mol. The van der Waals surface area contributed by atoms with Crippen molar-refractivity contribution < 1.29 is 0 Å². The number of benzene rings is 1. The van der Waals surface area contributed by atoms with E-state index >= 15 is 0 Å². The Kier molecular flexibility index (Phi) is 5.57. The summed E-state index contributed by atoms with van der Waals surface area (Å²) < 4.78 is 2.14. The van der Waals surface area contributed by atoms with Gasteiger partial charge >= 0.3 is 0 Å². The Balaban J connectivity index is 1.64. The molecule has 0 aliphatic heterocycles. The van der Waals surface area contributed by atoms with E-state index in [9.17, 15) is 0 Å². The van der Waals surface area contributed by atoms with Gasteiger partial charge in [-0.2, -0.15) is 0 Å². The maximum atomic E-state index is 6.07. The van der Waals surface area contributed by atoms with Crippen molar-refractivity contribution in [1.82, 2.24) is 19.7 Å². The van der Waals surface area contributed by atoms with Crippen molar-refractivity contribution in [2.75, 3.05) is 0 Å². The van der Waals surface area contributed by atoms with Crippen molar-refractivity contribution in [2.45, 2.75) is 24.4 Å². The zero-order valence-electron chi connectivity index (χ0n) is 14.7. The first-order valence-corrected chi connectivity index (χ1v) is 10.7. The molecule has 0 spiro atoms. The fourth-order valence-corrected chi connectivity index (χ4v) is 4.68. The molecule has 0 aliphatic rings. The minimum Gasteiger partial charge on any atom is -0.295 e. The molecule has 0 amide bonds. The van der Waals surface area contributed by atoms with Crippen molar-refractivity contribution in [1.29, 1.82) is 0 Å². The van der Waals surface area contributed by atoms with Crippen LogP contribution in [0.4, 0.5) is 0 Å². The molecule has 4 nitrogen and oxygen atoms in total. The maximum absolute atomic E-state index is 6.07. The Labute approximate surface area is 171 Å². The van der Waals surface area contributed by atoms with E-state index in [2.05, 4.69) is 50.3 Å². The van der Waals surface area contributed by atoms with Gasteiger partial charge in [0.15, 0.2) is 11.0 Å². The van der Waals surface area contributed by atoms with Crippen LogP contribution in [-0.2, 0) is 12.3 Å². The minimum atomic E-state index is 0.735. The largest absolute Gasteiger partial charge is 0.295 e. The van der Waals surface area contributed by atoms with Crippen molar-refractivity contribution in [2.24, 2.45) is 0 Å². The van der Waals surface area contributed by atoms with E-state index in [1.807, 2.05) is 30.3 Å². The van der Waals surface area contributed by atoms with Crippen molar-refractivity contribution in [3.8, 4) is 11.5 Å². The topological polar surface area (TPSA) is 43.6 Å². The molecule has 7 heteroatoms. The van der Waals surface area contributed by atoms with Gasteiger partial charge < -0.3 is 0 Å². The minimum absolute atomic E-state index is 0.735. The number of nitrogens with zero attached hydrogens (tertiary/aromatic N) is 4. The van der Waals surface area contributed by atoms with E-state index in [1.165, 1.54) is 16.0 Å². The molecular formula is C20H17ClN4S2.